The molecule has 1 saturated carbocycles. The number of hydrogen-bond acceptors (Lipinski definition) is 5. The van der Waals surface area contributed by atoms with Crippen LogP contribution in [0.15, 0.2) is 61.1 Å². The maximum atomic E-state index is 13.9. The van der Waals surface area contributed by atoms with Crippen molar-refractivity contribution in [2.75, 3.05) is 25.0 Å². The maximum Gasteiger partial charge on any atom is 0.252 e. The Bertz CT molecular complexity index is 1600. The molecule has 8 nitrogen and oxygen atoms in total. The van der Waals surface area contributed by atoms with E-state index in [0.29, 0.717) is 12.1 Å². The van der Waals surface area contributed by atoms with Crippen LogP contribution in [-0.2, 0) is 19.1 Å². The average Bonchev–Trinajstić information content (AvgIpc) is 3.26. The van der Waals surface area contributed by atoms with Crippen molar-refractivity contribution in [3.8, 4) is 22.4 Å². The van der Waals surface area contributed by atoms with Gasteiger partial charge in [-0.25, -0.2) is 0 Å². The van der Waals surface area contributed by atoms with E-state index >= 15 is 0 Å². The van der Waals surface area contributed by atoms with Gasteiger partial charge in [0.1, 0.15) is 0 Å². The molecule has 1 N–H and O–H groups in total. The van der Waals surface area contributed by atoms with E-state index in [-0.39, 0.29) is 11.4 Å². The molecule has 41 heavy (non-hydrogen) atoms. The lowest BCUT2D eigenvalue weighted by Gasteiger charge is -2.40. The van der Waals surface area contributed by atoms with Gasteiger partial charge in [-0.05, 0) is 99.7 Å². The van der Waals surface area contributed by atoms with Crippen LogP contribution in [0.1, 0.15) is 54.1 Å². The number of benzene rings is 2. The summed E-state index contributed by atoms with van der Waals surface area (Å²) < 4.78 is 3.77. The van der Waals surface area contributed by atoms with Crippen molar-refractivity contribution in [2.45, 2.75) is 63.7 Å². The van der Waals surface area contributed by atoms with Crippen molar-refractivity contribution in [3.63, 3.8) is 0 Å². The third-order valence-corrected chi connectivity index (χ3v) is 9.57. The number of hydrogen-bond donors (Lipinski definition) is 1. The fraction of sp³-hybridized carbons (Fsp3) is 0.424. The Morgan fingerprint density at radius 1 is 1.00 bits per heavy atom. The highest BCUT2D eigenvalue weighted by molar-refractivity contribution is 5.97. The highest BCUT2D eigenvalue weighted by atomic mass is 16.1. The normalized spacial score (nSPS) is 21.3. The van der Waals surface area contributed by atoms with Crippen LogP contribution >= 0.6 is 0 Å². The summed E-state index contributed by atoms with van der Waals surface area (Å²) in [6.45, 7) is 7.01. The topological polar surface area (TPSA) is 71.2 Å². The number of amides is 1. The number of aromatic nitrogens is 4. The molecular formula is C33H39N7O. The zero-order chi connectivity index (χ0) is 28.3. The zero-order valence-electron chi connectivity index (χ0n) is 24.5. The molecule has 0 spiro atoms. The van der Waals surface area contributed by atoms with E-state index in [0.717, 1.165) is 77.2 Å². The minimum Gasteiger partial charge on any atom is -0.368 e. The third-order valence-electron chi connectivity index (χ3n) is 9.57. The summed E-state index contributed by atoms with van der Waals surface area (Å²) in [6.07, 6.45) is 10.3. The van der Waals surface area contributed by atoms with Crippen LogP contribution in [0.5, 0.6) is 0 Å². The molecule has 1 aliphatic carbocycles. The first kappa shape index (κ1) is 26.0. The molecule has 2 aliphatic heterocycles. The predicted octanol–water partition coefficient (Wildman–Crippen LogP) is 4.98. The summed E-state index contributed by atoms with van der Waals surface area (Å²) in [5.41, 5.74) is 7.80. The summed E-state index contributed by atoms with van der Waals surface area (Å²) >= 11 is 0. The van der Waals surface area contributed by atoms with Crippen LogP contribution in [0, 0.1) is 6.92 Å². The van der Waals surface area contributed by atoms with Crippen LogP contribution in [0.2, 0.25) is 0 Å². The lowest BCUT2D eigenvalue weighted by atomic mass is 9.94. The Morgan fingerprint density at radius 3 is 2.41 bits per heavy atom. The minimum absolute atomic E-state index is 0.00235. The fourth-order valence-corrected chi connectivity index (χ4v) is 6.75. The van der Waals surface area contributed by atoms with Crippen LogP contribution in [0.3, 0.4) is 0 Å². The number of anilines is 1. The highest BCUT2D eigenvalue weighted by Crippen LogP contribution is 2.48. The van der Waals surface area contributed by atoms with Gasteiger partial charge in [0.2, 0.25) is 0 Å². The van der Waals surface area contributed by atoms with E-state index in [4.69, 9.17) is 5.10 Å². The second-order valence-corrected chi connectivity index (χ2v) is 12.2. The molecule has 2 saturated heterocycles. The van der Waals surface area contributed by atoms with Crippen LogP contribution in [0.4, 0.5) is 5.69 Å². The van der Waals surface area contributed by atoms with Crippen molar-refractivity contribution >= 4 is 11.6 Å². The third kappa shape index (κ3) is 4.74. The SMILES string of the molecule is CCn1ccc(-c2cc(-c3cnn(C)c3)cc(C3(NC(=O)c4cc(N5C[C@H]6CC[C@@H](C5)N6C)ccc4C)CC3)c2)n1. The lowest BCUT2D eigenvalue weighted by molar-refractivity contribution is 0.0930. The largest absolute Gasteiger partial charge is 0.368 e. The quantitative estimate of drug-likeness (QED) is 0.352. The standard InChI is InChI=1S/C33H39N7O/c1-5-40-13-10-31(36-40)24-14-23(25-18-34-37(3)19-25)15-26(16-24)33(11-12-33)35-32(41)30-17-27(7-6-22(30)2)39-20-28-8-9-29(21-39)38(28)4/h6-7,10,13-19,28-29H,5,8-9,11-12,20-21H2,1-4H3,(H,35,41)/t28-,29+. The summed E-state index contributed by atoms with van der Waals surface area (Å²) in [6, 6.07) is 16.3. The van der Waals surface area contributed by atoms with Gasteiger partial charge in [-0.3, -0.25) is 19.1 Å². The van der Waals surface area contributed by atoms with Crippen molar-refractivity contribution in [1.82, 2.24) is 29.8 Å². The number of likely N-dealkylation sites (N-methyl/N-ethyl adjacent to an activating group) is 1. The Hall–Kier alpha value is -3.91. The van der Waals surface area contributed by atoms with Gasteiger partial charge in [-0.1, -0.05) is 6.07 Å². The number of nitrogens with zero attached hydrogens (tertiary/aromatic N) is 6. The zero-order valence-corrected chi connectivity index (χ0v) is 24.5. The molecule has 0 unspecified atom stereocenters. The van der Waals surface area contributed by atoms with Gasteiger partial charge in [0.05, 0.1) is 17.4 Å². The Labute approximate surface area is 242 Å². The van der Waals surface area contributed by atoms with Gasteiger partial charge in [-0.2, -0.15) is 10.2 Å². The van der Waals surface area contributed by atoms with E-state index in [2.05, 4.69) is 76.7 Å². The number of carbonyl (C=O) groups is 1. The number of rotatable bonds is 7. The lowest BCUT2D eigenvalue weighted by Crippen LogP contribution is -2.52. The summed E-state index contributed by atoms with van der Waals surface area (Å²) in [5, 5.41) is 12.7. The predicted molar refractivity (Wildman–Crippen MR) is 162 cm³/mol. The van der Waals surface area contributed by atoms with E-state index < -0.39 is 0 Å². The van der Waals surface area contributed by atoms with Gasteiger partial charge in [0.25, 0.3) is 5.91 Å². The van der Waals surface area contributed by atoms with Crippen molar-refractivity contribution < 1.29 is 4.79 Å². The first-order chi connectivity index (χ1) is 19.8. The average molecular weight is 550 g/mol. The van der Waals surface area contributed by atoms with Gasteiger partial charge in [0.15, 0.2) is 0 Å². The monoisotopic (exact) mass is 549 g/mol. The fourth-order valence-electron chi connectivity index (χ4n) is 6.75. The molecule has 212 valence electrons. The van der Waals surface area contributed by atoms with Crippen molar-refractivity contribution in [3.05, 3.63) is 77.7 Å². The molecule has 7 rings (SSSR count). The summed E-state index contributed by atoms with van der Waals surface area (Å²) in [7, 11) is 4.19. The molecule has 1 amide bonds. The van der Waals surface area contributed by atoms with Crippen LogP contribution in [0.25, 0.3) is 22.4 Å². The number of nitrogens with one attached hydrogen (secondary N) is 1. The maximum absolute atomic E-state index is 13.9. The Morgan fingerprint density at radius 2 is 1.76 bits per heavy atom. The number of carbonyl (C=O) groups excluding carboxylic acids is 1. The van der Waals surface area contributed by atoms with Crippen molar-refractivity contribution in [1.29, 1.82) is 0 Å². The molecule has 2 atom stereocenters. The second kappa shape index (κ2) is 9.87. The number of piperazine rings is 1. The number of aryl methyl sites for hydroxylation is 3. The molecule has 2 aromatic carbocycles. The van der Waals surface area contributed by atoms with Gasteiger partial charge in [0, 0.05) is 73.5 Å². The smallest absolute Gasteiger partial charge is 0.252 e. The molecule has 8 heteroatoms. The molecule has 4 aromatic rings. The first-order valence-corrected chi connectivity index (χ1v) is 14.9. The highest BCUT2D eigenvalue weighted by Gasteiger charge is 2.46. The van der Waals surface area contributed by atoms with E-state index in [1.54, 1.807) is 0 Å². The van der Waals surface area contributed by atoms with Crippen LogP contribution < -0.4 is 10.2 Å². The van der Waals surface area contributed by atoms with Gasteiger partial charge < -0.3 is 10.2 Å². The molecule has 3 fully saturated rings. The summed E-state index contributed by atoms with van der Waals surface area (Å²) in [4.78, 5) is 18.9. The summed E-state index contributed by atoms with van der Waals surface area (Å²) in [5.74, 6) is 0.00235. The molecule has 4 heterocycles. The van der Waals surface area contributed by atoms with E-state index in [1.807, 2.05) is 41.9 Å². The molecular weight excluding hydrogens is 510 g/mol. The van der Waals surface area contributed by atoms with E-state index in [1.165, 1.54) is 12.8 Å². The molecule has 2 bridgehead atoms. The van der Waals surface area contributed by atoms with Gasteiger partial charge in [-0.15, -0.1) is 0 Å². The Balaban J connectivity index is 1.19. The first-order valence-electron chi connectivity index (χ1n) is 14.9. The molecule has 3 aliphatic rings. The minimum atomic E-state index is -0.382. The molecule has 2 aromatic heterocycles. The van der Waals surface area contributed by atoms with Crippen LogP contribution in [-0.4, -0.2) is 62.6 Å². The number of fused-ring (bicyclic) bond motifs is 2. The molecule has 0 radical (unpaired) electrons. The Kier molecular flexibility index (Phi) is 6.27. The van der Waals surface area contributed by atoms with E-state index in [9.17, 15) is 4.79 Å². The van der Waals surface area contributed by atoms with Crippen molar-refractivity contribution in [2.24, 2.45) is 7.05 Å². The second-order valence-electron chi connectivity index (χ2n) is 12.2. The van der Waals surface area contributed by atoms with Gasteiger partial charge >= 0.3 is 0 Å².